The number of hydrogen-bond donors (Lipinski definition) is 1. The summed E-state index contributed by atoms with van der Waals surface area (Å²) < 4.78 is 1.99. The molecule has 1 aromatic heterocycles. The van der Waals surface area contributed by atoms with Gasteiger partial charge in [0.1, 0.15) is 12.3 Å². The highest BCUT2D eigenvalue weighted by atomic mass is 16.2. The number of fused-ring (bicyclic) bond motifs is 1. The molecule has 0 saturated carbocycles. The van der Waals surface area contributed by atoms with E-state index in [9.17, 15) is 9.59 Å². The Labute approximate surface area is 221 Å². The van der Waals surface area contributed by atoms with Crippen LogP contribution in [0.15, 0.2) is 37.6 Å². The van der Waals surface area contributed by atoms with Gasteiger partial charge in [-0.1, -0.05) is 31.4 Å². The van der Waals surface area contributed by atoms with Gasteiger partial charge in [-0.25, -0.2) is 0 Å². The third-order valence-corrected chi connectivity index (χ3v) is 7.97. The standard InChI is InChI=1S/C30H41N5O2/c1-6-33-20-28(21(2)32-33)23(4)34-16-8-7-10-26(34)14-12-24-13-15-27-22(3)35(19-25(27)18-24)29(11-9-17-36)30(37)31-5/h13,15,17-18,20,26,29H,3-4,6-12,14,16,19H2,1-2,5H3,(H,31,37). The number of amides is 1. The topological polar surface area (TPSA) is 70.5 Å². The molecule has 1 fully saturated rings. The van der Waals surface area contributed by atoms with Crippen LogP contribution in [0.5, 0.6) is 0 Å². The maximum absolute atomic E-state index is 12.5. The van der Waals surface area contributed by atoms with Crippen molar-refractivity contribution in [2.75, 3.05) is 13.6 Å². The first-order valence-corrected chi connectivity index (χ1v) is 13.6. The Hall–Kier alpha value is -3.35. The Morgan fingerprint density at radius 2 is 2.14 bits per heavy atom. The molecule has 0 spiro atoms. The minimum atomic E-state index is -0.388. The lowest BCUT2D eigenvalue weighted by Gasteiger charge is -2.39. The first-order valence-electron chi connectivity index (χ1n) is 13.6. The molecule has 4 rings (SSSR count). The van der Waals surface area contributed by atoms with Crippen molar-refractivity contribution in [2.45, 2.75) is 84.0 Å². The van der Waals surface area contributed by atoms with Crippen LogP contribution in [0.1, 0.15) is 73.4 Å². The van der Waals surface area contributed by atoms with Gasteiger partial charge in [0.15, 0.2) is 0 Å². The zero-order chi connectivity index (χ0) is 26.5. The molecule has 0 radical (unpaired) electrons. The van der Waals surface area contributed by atoms with Gasteiger partial charge in [-0.2, -0.15) is 5.10 Å². The molecule has 198 valence electrons. The lowest BCUT2D eigenvalue weighted by atomic mass is 9.93. The number of aldehydes is 1. The van der Waals surface area contributed by atoms with E-state index in [1.807, 2.05) is 9.58 Å². The second kappa shape index (κ2) is 11.8. The van der Waals surface area contributed by atoms with Gasteiger partial charge >= 0.3 is 0 Å². The smallest absolute Gasteiger partial charge is 0.242 e. The third-order valence-electron chi connectivity index (χ3n) is 7.97. The molecule has 37 heavy (non-hydrogen) atoms. The van der Waals surface area contributed by atoms with Crippen LogP contribution in [0.4, 0.5) is 0 Å². The van der Waals surface area contributed by atoms with E-state index < -0.39 is 0 Å². The number of piperidine rings is 1. The molecule has 2 aliphatic heterocycles. The van der Waals surface area contributed by atoms with Gasteiger partial charge in [0, 0.05) is 67.9 Å². The maximum Gasteiger partial charge on any atom is 0.242 e. The zero-order valence-corrected chi connectivity index (χ0v) is 22.6. The lowest BCUT2D eigenvalue weighted by Crippen LogP contribution is -2.42. The summed E-state index contributed by atoms with van der Waals surface area (Å²) in [6.07, 6.45) is 9.54. The molecule has 2 aliphatic rings. The first kappa shape index (κ1) is 26.7. The zero-order valence-electron chi connectivity index (χ0n) is 22.6. The van der Waals surface area contributed by atoms with E-state index in [0.717, 1.165) is 60.4 Å². The van der Waals surface area contributed by atoms with E-state index >= 15 is 0 Å². The van der Waals surface area contributed by atoms with Gasteiger partial charge in [0.05, 0.1) is 5.69 Å². The Morgan fingerprint density at radius 3 is 2.84 bits per heavy atom. The van der Waals surface area contributed by atoms with Crippen molar-refractivity contribution < 1.29 is 9.59 Å². The summed E-state index contributed by atoms with van der Waals surface area (Å²) in [7, 11) is 1.64. The van der Waals surface area contributed by atoms with E-state index in [1.165, 1.54) is 30.4 Å². The molecule has 7 nitrogen and oxygen atoms in total. The summed E-state index contributed by atoms with van der Waals surface area (Å²) in [5.41, 5.74) is 7.77. The van der Waals surface area contributed by atoms with Crippen molar-refractivity contribution >= 4 is 23.6 Å². The SMILES string of the molecule is C=C(c1cn(CC)nc1C)N1CCCCC1CCc1ccc2c(c1)CN(C(CCC=O)C(=O)NC)C2=C. The minimum absolute atomic E-state index is 0.0756. The summed E-state index contributed by atoms with van der Waals surface area (Å²) >= 11 is 0. The van der Waals surface area contributed by atoms with Gasteiger partial charge in [-0.3, -0.25) is 9.48 Å². The number of likely N-dealkylation sites (N-methyl/N-ethyl adjacent to an activating group) is 1. The van der Waals surface area contributed by atoms with Crippen LogP contribution < -0.4 is 5.32 Å². The second-order valence-corrected chi connectivity index (χ2v) is 10.3. The van der Waals surface area contributed by atoms with E-state index in [2.05, 4.69) is 66.7 Å². The number of nitrogens with one attached hydrogen (secondary N) is 1. The van der Waals surface area contributed by atoms with Crippen molar-refractivity contribution in [2.24, 2.45) is 0 Å². The fourth-order valence-corrected chi connectivity index (χ4v) is 5.88. The van der Waals surface area contributed by atoms with Gasteiger partial charge in [0.2, 0.25) is 5.91 Å². The number of carbonyl (C=O) groups is 2. The average molecular weight is 504 g/mol. The molecule has 0 bridgehead atoms. The molecule has 1 aromatic carbocycles. The number of likely N-dealkylation sites (tertiary alicyclic amines) is 1. The third kappa shape index (κ3) is 5.65. The number of rotatable bonds is 11. The molecule has 1 amide bonds. The molecule has 0 aliphatic carbocycles. The summed E-state index contributed by atoms with van der Waals surface area (Å²) in [4.78, 5) is 28.1. The van der Waals surface area contributed by atoms with E-state index in [1.54, 1.807) is 7.05 Å². The average Bonchev–Trinajstić information content (AvgIpc) is 3.46. The van der Waals surface area contributed by atoms with Crippen molar-refractivity contribution in [1.82, 2.24) is 24.9 Å². The van der Waals surface area contributed by atoms with Crippen LogP contribution in [-0.4, -0.2) is 57.4 Å². The molecule has 7 heteroatoms. The molecular formula is C30H41N5O2. The number of benzene rings is 1. The number of carbonyl (C=O) groups excluding carboxylic acids is 2. The Bertz CT molecular complexity index is 1170. The molecule has 2 unspecified atom stereocenters. The number of nitrogens with zero attached hydrogens (tertiary/aromatic N) is 4. The minimum Gasteiger partial charge on any atom is -0.368 e. The summed E-state index contributed by atoms with van der Waals surface area (Å²) in [6.45, 7) is 15.5. The highest BCUT2D eigenvalue weighted by molar-refractivity contribution is 5.85. The molecule has 3 heterocycles. The lowest BCUT2D eigenvalue weighted by molar-refractivity contribution is -0.125. The largest absolute Gasteiger partial charge is 0.368 e. The Balaban J connectivity index is 1.44. The number of aromatic nitrogens is 2. The van der Waals surface area contributed by atoms with Gasteiger partial charge < -0.3 is 19.9 Å². The predicted octanol–water partition coefficient (Wildman–Crippen LogP) is 4.55. The monoisotopic (exact) mass is 503 g/mol. The predicted molar refractivity (Wildman–Crippen MR) is 149 cm³/mol. The molecule has 1 N–H and O–H groups in total. The summed E-state index contributed by atoms with van der Waals surface area (Å²) in [5, 5.41) is 7.37. The molecule has 1 saturated heterocycles. The van der Waals surface area contributed by atoms with Gasteiger partial charge in [-0.15, -0.1) is 0 Å². The van der Waals surface area contributed by atoms with Crippen molar-refractivity contribution in [3.63, 3.8) is 0 Å². The van der Waals surface area contributed by atoms with Crippen LogP contribution in [-0.2, 0) is 29.1 Å². The first-order chi connectivity index (χ1) is 17.9. The normalized spacial score (nSPS) is 18.0. The van der Waals surface area contributed by atoms with Crippen LogP contribution >= 0.6 is 0 Å². The quantitative estimate of drug-likeness (QED) is 0.456. The number of aryl methyl sites for hydroxylation is 3. The highest BCUT2D eigenvalue weighted by Gasteiger charge is 2.32. The number of hydrogen-bond acceptors (Lipinski definition) is 5. The fraction of sp³-hybridized carbons (Fsp3) is 0.500. The molecular weight excluding hydrogens is 462 g/mol. The highest BCUT2D eigenvalue weighted by Crippen LogP contribution is 2.36. The fourth-order valence-electron chi connectivity index (χ4n) is 5.88. The van der Waals surface area contributed by atoms with Gasteiger partial charge in [-0.05, 0) is 63.5 Å². The van der Waals surface area contributed by atoms with E-state index in [-0.39, 0.29) is 11.9 Å². The van der Waals surface area contributed by atoms with E-state index in [4.69, 9.17) is 0 Å². The Kier molecular flexibility index (Phi) is 8.52. The summed E-state index contributed by atoms with van der Waals surface area (Å²) in [6, 6.07) is 6.70. The van der Waals surface area contributed by atoms with E-state index in [0.29, 0.717) is 25.4 Å². The van der Waals surface area contributed by atoms with Crippen molar-refractivity contribution in [3.05, 3.63) is 65.5 Å². The maximum atomic E-state index is 12.5. The molecule has 2 atom stereocenters. The van der Waals surface area contributed by atoms with Crippen LogP contribution in [0.3, 0.4) is 0 Å². The Morgan fingerprint density at radius 1 is 1.32 bits per heavy atom. The van der Waals surface area contributed by atoms with Crippen LogP contribution in [0, 0.1) is 6.92 Å². The van der Waals surface area contributed by atoms with Crippen LogP contribution in [0.2, 0.25) is 0 Å². The van der Waals surface area contributed by atoms with Crippen LogP contribution in [0.25, 0.3) is 11.4 Å². The second-order valence-electron chi connectivity index (χ2n) is 10.3. The van der Waals surface area contributed by atoms with Gasteiger partial charge in [0.25, 0.3) is 0 Å². The molecule has 2 aromatic rings. The van der Waals surface area contributed by atoms with Crippen molar-refractivity contribution in [3.8, 4) is 0 Å². The van der Waals surface area contributed by atoms with Crippen molar-refractivity contribution in [1.29, 1.82) is 0 Å². The summed E-state index contributed by atoms with van der Waals surface area (Å²) in [5.74, 6) is -0.0756.